The summed E-state index contributed by atoms with van der Waals surface area (Å²) < 4.78 is 13.4. The standard InChI is InChI=1S/C6H12O4/c1-3-4-9-5-10-6(7)8-2/h3-5H2,1-2H3. The molecule has 0 aromatic carbocycles. The second kappa shape index (κ2) is 6.35. The predicted molar refractivity (Wildman–Crippen MR) is 34.6 cm³/mol. The van der Waals surface area contributed by atoms with Gasteiger partial charge in [0.25, 0.3) is 0 Å². The fourth-order valence-electron chi connectivity index (χ4n) is 0.352. The van der Waals surface area contributed by atoms with Crippen molar-refractivity contribution in [1.82, 2.24) is 0 Å². The summed E-state index contributed by atoms with van der Waals surface area (Å²) in [6.45, 7) is 2.54. The molecular weight excluding hydrogens is 136 g/mol. The maximum Gasteiger partial charge on any atom is 0.510 e. The number of rotatable bonds is 4. The van der Waals surface area contributed by atoms with E-state index in [1.807, 2.05) is 6.92 Å². The number of ether oxygens (including phenoxy) is 3. The first-order valence-corrected chi connectivity index (χ1v) is 3.09. The Labute approximate surface area is 60.1 Å². The molecule has 0 radical (unpaired) electrons. The van der Waals surface area contributed by atoms with Crippen molar-refractivity contribution in [3.05, 3.63) is 0 Å². The van der Waals surface area contributed by atoms with E-state index in [-0.39, 0.29) is 6.79 Å². The van der Waals surface area contributed by atoms with Crippen LogP contribution in [0.15, 0.2) is 0 Å². The Bertz CT molecular complexity index is 91.7. The average molecular weight is 148 g/mol. The lowest BCUT2D eigenvalue weighted by Gasteiger charge is -2.01. The second-order valence-corrected chi connectivity index (χ2v) is 1.62. The zero-order valence-corrected chi connectivity index (χ0v) is 6.25. The van der Waals surface area contributed by atoms with E-state index >= 15 is 0 Å². The molecule has 0 aliphatic rings. The van der Waals surface area contributed by atoms with Gasteiger partial charge in [-0.25, -0.2) is 4.79 Å². The molecule has 4 nitrogen and oxygen atoms in total. The average Bonchev–Trinajstić information content (AvgIpc) is 1.98. The van der Waals surface area contributed by atoms with E-state index in [2.05, 4.69) is 9.47 Å². The summed E-state index contributed by atoms with van der Waals surface area (Å²) in [6.07, 6.45) is 0.195. The fourth-order valence-corrected chi connectivity index (χ4v) is 0.352. The molecule has 0 aromatic rings. The summed E-state index contributed by atoms with van der Waals surface area (Å²) in [5.41, 5.74) is 0. The van der Waals surface area contributed by atoms with Crippen molar-refractivity contribution in [1.29, 1.82) is 0 Å². The molecule has 60 valence electrons. The lowest BCUT2D eigenvalue weighted by atomic mass is 10.5. The second-order valence-electron chi connectivity index (χ2n) is 1.62. The largest absolute Gasteiger partial charge is 0.510 e. The first-order chi connectivity index (χ1) is 4.81. The van der Waals surface area contributed by atoms with Gasteiger partial charge < -0.3 is 14.2 Å². The van der Waals surface area contributed by atoms with Gasteiger partial charge in [0.1, 0.15) is 0 Å². The van der Waals surface area contributed by atoms with Gasteiger partial charge in [-0.15, -0.1) is 0 Å². The van der Waals surface area contributed by atoms with E-state index in [1.54, 1.807) is 0 Å². The van der Waals surface area contributed by atoms with E-state index in [4.69, 9.17) is 4.74 Å². The molecular formula is C6H12O4. The zero-order valence-electron chi connectivity index (χ0n) is 6.25. The summed E-state index contributed by atoms with van der Waals surface area (Å²) in [5, 5.41) is 0. The number of carbonyl (C=O) groups is 1. The lowest BCUT2D eigenvalue weighted by Crippen LogP contribution is -2.08. The summed E-state index contributed by atoms with van der Waals surface area (Å²) in [6, 6.07) is 0. The Balaban J connectivity index is 2.96. The monoisotopic (exact) mass is 148 g/mol. The molecule has 0 amide bonds. The minimum Gasteiger partial charge on any atom is -0.438 e. The number of hydrogen-bond acceptors (Lipinski definition) is 4. The van der Waals surface area contributed by atoms with Crippen LogP contribution in [0.5, 0.6) is 0 Å². The maximum atomic E-state index is 10.3. The highest BCUT2D eigenvalue weighted by molar-refractivity contribution is 5.59. The molecule has 0 heterocycles. The van der Waals surface area contributed by atoms with Gasteiger partial charge in [0, 0.05) is 0 Å². The van der Waals surface area contributed by atoms with Gasteiger partial charge in [0.2, 0.25) is 0 Å². The third-order valence-corrected chi connectivity index (χ3v) is 0.775. The van der Waals surface area contributed by atoms with E-state index in [1.165, 1.54) is 7.11 Å². The Morgan fingerprint density at radius 1 is 1.50 bits per heavy atom. The third-order valence-electron chi connectivity index (χ3n) is 0.775. The third kappa shape index (κ3) is 5.37. The van der Waals surface area contributed by atoms with Crippen LogP contribution in [0.2, 0.25) is 0 Å². The smallest absolute Gasteiger partial charge is 0.438 e. The molecule has 4 heteroatoms. The molecule has 0 aliphatic heterocycles. The Hall–Kier alpha value is -0.770. The molecule has 0 fully saturated rings. The molecule has 0 aromatic heterocycles. The van der Waals surface area contributed by atoms with Crippen LogP contribution in [0.4, 0.5) is 4.79 Å². The molecule has 0 unspecified atom stereocenters. The van der Waals surface area contributed by atoms with Gasteiger partial charge in [-0.1, -0.05) is 6.92 Å². The fraction of sp³-hybridized carbons (Fsp3) is 0.833. The van der Waals surface area contributed by atoms with E-state index in [9.17, 15) is 4.79 Å². The molecule has 0 saturated carbocycles. The number of methoxy groups -OCH3 is 1. The van der Waals surface area contributed by atoms with Gasteiger partial charge in [-0.3, -0.25) is 0 Å². The molecule has 0 spiro atoms. The Morgan fingerprint density at radius 3 is 2.70 bits per heavy atom. The van der Waals surface area contributed by atoms with Gasteiger partial charge in [-0.05, 0) is 6.42 Å². The minimum atomic E-state index is -0.712. The van der Waals surface area contributed by atoms with Crippen LogP contribution < -0.4 is 0 Å². The minimum absolute atomic E-state index is 0.0273. The van der Waals surface area contributed by atoms with E-state index in [0.717, 1.165) is 6.42 Å². The van der Waals surface area contributed by atoms with Crippen LogP contribution in [0.25, 0.3) is 0 Å². The summed E-state index contributed by atoms with van der Waals surface area (Å²) >= 11 is 0. The summed E-state index contributed by atoms with van der Waals surface area (Å²) in [5.74, 6) is 0. The van der Waals surface area contributed by atoms with Gasteiger partial charge in [-0.2, -0.15) is 0 Å². The van der Waals surface area contributed by atoms with Crippen molar-refractivity contribution in [3.63, 3.8) is 0 Å². The highest BCUT2D eigenvalue weighted by atomic mass is 16.8. The number of hydrogen-bond donors (Lipinski definition) is 0. The van der Waals surface area contributed by atoms with E-state index < -0.39 is 6.16 Å². The Kier molecular flexibility index (Phi) is 5.86. The maximum absolute atomic E-state index is 10.3. The van der Waals surface area contributed by atoms with Gasteiger partial charge in [0.15, 0.2) is 6.79 Å². The summed E-state index contributed by atoms with van der Waals surface area (Å²) in [4.78, 5) is 10.3. The SMILES string of the molecule is CCCOCOC(=O)OC. The molecule has 0 rings (SSSR count). The van der Waals surface area contributed by atoms with Gasteiger partial charge >= 0.3 is 6.16 Å². The predicted octanol–water partition coefficient (Wildman–Crippen LogP) is 1.15. The molecule has 10 heavy (non-hydrogen) atoms. The van der Waals surface area contributed by atoms with Crippen molar-refractivity contribution < 1.29 is 19.0 Å². The molecule has 0 atom stereocenters. The Morgan fingerprint density at radius 2 is 2.20 bits per heavy atom. The molecule has 0 bridgehead atoms. The van der Waals surface area contributed by atoms with Crippen LogP contribution in [-0.4, -0.2) is 26.7 Å². The van der Waals surface area contributed by atoms with Crippen LogP contribution in [-0.2, 0) is 14.2 Å². The van der Waals surface area contributed by atoms with Crippen LogP contribution in [0.1, 0.15) is 13.3 Å². The lowest BCUT2D eigenvalue weighted by molar-refractivity contribution is -0.0390. The topological polar surface area (TPSA) is 44.8 Å². The molecule has 0 aliphatic carbocycles. The first-order valence-electron chi connectivity index (χ1n) is 3.09. The van der Waals surface area contributed by atoms with E-state index in [0.29, 0.717) is 6.61 Å². The highest BCUT2D eigenvalue weighted by Crippen LogP contribution is 1.84. The first kappa shape index (κ1) is 9.23. The zero-order chi connectivity index (χ0) is 7.82. The molecule has 0 N–H and O–H groups in total. The van der Waals surface area contributed by atoms with Crippen LogP contribution >= 0.6 is 0 Å². The van der Waals surface area contributed by atoms with Crippen molar-refractivity contribution >= 4 is 6.16 Å². The molecule has 0 saturated heterocycles. The normalized spacial score (nSPS) is 9.00. The van der Waals surface area contributed by atoms with Gasteiger partial charge in [0.05, 0.1) is 13.7 Å². The van der Waals surface area contributed by atoms with Crippen molar-refractivity contribution in [2.75, 3.05) is 20.5 Å². The van der Waals surface area contributed by atoms with Crippen LogP contribution in [0, 0.1) is 0 Å². The van der Waals surface area contributed by atoms with Crippen molar-refractivity contribution in [2.45, 2.75) is 13.3 Å². The summed E-state index contributed by atoms with van der Waals surface area (Å²) in [7, 11) is 1.25. The highest BCUT2D eigenvalue weighted by Gasteiger charge is 1.97. The number of carbonyl (C=O) groups excluding carboxylic acids is 1. The van der Waals surface area contributed by atoms with Crippen molar-refractivity contribution in [2.24, 2.45) is 0 Å². The van der Waals surface area contributed by atoms with Crippen molar-refractivity contribution in [3.8, 4) is 0 Å². The quantitative estimate of drug-likeness (QED) is 0.341. The van der Waals surface area contributed by atoms with Crippen LogP contribution in [0.3, 0.4) is 0 Å².